The number of hydrogen-bond acceptors (Lipinski definition) is 2. The van der Waals surface area contributed by atoms with E-state index in [0.29, 0.717) is 11.8 Å². The second-order valence-corrected chi connectivity index (χ2v) is 5.34. The van der Waals surface area contributed by atoms with E-state index in [-0.39, 0.29) is 5.56 Å². The Morgan fingerprint density at radius 1 is 1.33 bits per heavy atom. The van der Waals surface area contributed by atoms with Gasteiger partial charge in [0.25, 0.3) is 0 Å². The van der Waals surface area contributed by atoms with Crippen molar-refractivity contribution in [3.63, 3.8) is 0 Å². The molecule has 94 valence electrons. The highest BCUT2D eigenvalue weighted by molar-refractivity contribution is 5.54. The fraction of sp³-hybridized carbons (Fsp3) is 0.429. The number of imidazole rings is 1. The molecule has 0 aliphatic heterocycles. The van der Waals surface area contributed by atoms with E-state index >= 15 is 0 Å². The molecule has 0 bridgehead atoms. The van der Waals surface area contributed by atoms with Crippen LogP contribution in [-0.4, -0.2) is 15.0 Å². The van der Waals surface area contributed by atoms with Gasteiger partial charge in [-0.15, -0.1) is 0 Å². The first kappa shape index (κ1) is 11.3. The minimum absolute atomic E-state index is 0.0861. The molecular weight excluding hydrogens is 226 g/mol. The van der Waals surface area contributed by atoms with Crippen LogP contribution in [0.15, 0.2) is 23.1 Å². The molecule has 4 nitrogen and oxygen atoms in total. The van der Waals surface area contributed by atoms with Crippen LogP contribution < -0.4 is 5.56 Å². The fourth-order valence-electron chi connectivity index (χ4n) is 2.83. The van der Waals surface area contributed by atoms with Crippen LogP contribution in [0.2, 0.25) is 0 Å². The quantitative estimate of drug-likeness (QED) is 0.808. The number of aromatic amines is 2. The van der Waals surface area contributed by atoms with Gasteiger partial charge in [-0.05, 0) is 24.8 Å². The summed E-state index contributed by atoms with van der Waals surface area (Å²) in [4.78, 5) is 21.8. The highest BCUT2D eigenvalue weighted by atomic mass is 16.1. The van der Waals surface area contributed by atoms with Gasteiger partial charge in [0, 0.05) is 29.4 Å². The van der Waals surface area contributed by atoms with E-state index in [1.165, 1.54) is 23.9 Å². The van der Waals surface area contributed by atoms with Gasteiger partial charge in [-0.1, -0.05) is 13.8 Å². The molecule has 18 heavy (non-hydrogen) atoms. The molecule has 4 heteroatoms. The second kappa shape index (κ2) is 4.12. The predicted molar refractivity (Wildman–Crippen MR) is 70.5 cm³/mol. The van der Waals surface area contributed by atoms with Crippen LogP contribution in [0.3, 0.4) is 0 Å². The lowest BCUT2D eigenvalue weighted by molar-refractivity contribution is 0.440. The third kappa shape index (κ3) is 1.88. The van der Waals surface area contributed by atoms with E-state index in [2.05, 4.69) is 28.8 Å². The summed E-state index contributed by atoms with van der Waals surface area (Å²) in [6.45, 7) is 4.51. The summed E-state index contributed by atoms with van der Waals surface area (Å²) in [5.41, 5.74) is 3.29. The van der Waals surface area contributed by atoms with Gasteiger partial charge in [0.05, 0.1) is 5.69 Å². The molecule has 0 radical (unpaired) electrons. The largest absolute Gasteiger partial charge is 0.342 e. The summed E-state index contributed by atoms with van der Waals surface area (Å²) in [7, 11) is 0. The molecule has 0 amide bonds. The van der Waals surface area contributed by atoms with Crippen LogP contribution in [0.5, 0.6) is 0 Å². The minimum Gasteiger partial charge on any atom is -0.342 e. The van der Waals surface area contributed by atoms with Crippen LogP contribution >= 0.6 is 0 Å². The van der Waals surface area contributed by atoms with Crippen molar-refractivity contribution in [3.8, 4) is 11.4 Å². The molecule has 1 aliphatic carbocycles. The Morgan fingerprint density at radius 2 is 2.17 bits per heavy atom. The lowest BCUT2D eigenvalue weighted by Gasteiger charge is -2.22. The third-order valence-corrected chi connectivity index (χ3v) is 3.64. The van der Waals surface area contributed by atoms with Crippen LogP contribution in [0.25, 0.3) is 11.4 Å². The average Bonchev–Trinajstić information content (AvgIpc) is 2.74. The summed E-state index contributed by atoms with van der Waals surface area (Å²) in [6.07, 6.45) is 3.97. The number of hydrogen-bond donors (Lipinski definition) is 2. The summed E-state index contributed by atoms with van der Waals surface area (Å²) < 4.78 is 0. The Bertz CT molecular complexity index is 606. The Labute approximate surface area is 105 Å². The topological polar surface area (TPSA) is 61.5 Å². The molecule has 3 rings (SSSR count). The van der Waals surface area contributed by atoms with Gasteiger partial charge < -0.3 is 9.97 Å². The lowest BCUT2D eigenvalue weighted by atomic mass is 9.84. The van der Waals surface area contributed by atoms with Crippen molar-refractivity contribution in [2.75, 3.05) is 0 Å². The van der Waals surface area contributed by atoms with Crippen molar-refractivity contribution in [3.05, 3.63) is 40.1 Å². The van der Waals surface area contributed by atoms with E-state index in [9.17, 15) is 4.79 Å². The first-order valence-corrected chi connectivity index (χ1v) is 6.41. The van der Waals surface area contributed by atoms with E-state index in [4.69, 9.17) is 0 Å². The molecule has 2 N–H and O–H groups in total. The molecule has 0 fully saturated rings. The monoisotopic (exact) mass is 243 g/mol. The number of nitrogens with one attached hydrogen (secondary N) is 2. The Balaban J connectivity index is 2.03. The smallest absolute Gasteiger partial charge is 0.247 e. The maximum absolute atomic E-state index is 11.1. The SMILES string of the molecule is CC1Cc2[nH]c(-c3ccc(=O)[nH]c3)nc2C(C)C1. The minimum atomic E-state index is -0.0861. The molecule has 2 atom stereocenters. The zero-order valence-electron chi connectivity index (χ0n) is 10.7. The Kier molecular flexibility index (Phi) is 2.58. The molecule has 0 saturated carbocycles. The number of fused-ring (bicyclic) bond motifs is 1. The standard InChI is InChI=1S/C14H17N3O/c1-8-5-9(2)13-11(6-8)16-14(17-13)10-3-4-12(18)15-7-10/h3-4,7-9H,5-6H2,1-2H3,(H,15,18)(H,16,17). The second-order valence-electron chi connectivity index (χ2n) is 5.34. The zero-order chi connectivity index (χ0) is 12.7. The van der Waals surface area contributed by atoms with Gasteiger partial charge in [-0.2, -0.15) is 0 Å². The Morgan fingerprint density at radius 3 is 2.89 bits per heavy atom. The van der Waals surface area contributed by atoms with Crippen molar-refractivity contribution in [1.29, 1.82) is 0 Å². The van der Waals surface area contributed by atoms with Crippen molar-refractivity contribution in [1.82, 2.24) is 15.0 Å². The lowest BCUT2D eigenvalue weighted by Crippen LogP contribution is -2.14. The highest BCUT2D eigenvalue weighted by Gasteiger charge is 2.25. The summed E-state index contributed by atoms with van der Waals surface area (Å²) in [6, 6.07) is 3.33. The van der Waals surface area contributed by atoms with Gasteiger partial charge in [0.2, 0.25) is 5.56 Å². The molecule has 2 aromatic heterocycles. The fourth-order valence-corrected chi connectivity index (χ4v) is 2.83. The maximum atomic E-state index is 11.1. The normalized spacial score (nSPS) is 22.8. The molecule has 2 heterocycles. The maximum Gasteiger partial charge on any atom is 0.247 e. The number of aromatic nitrogens is 3. The van der Waals surface area contributed by atoms with Gasteiger partial charge in [-0.3, -0.25) is 4.79 Å². The molecule has 2 unspecified atom stereocenters. The van der Waals surface area contributed by atoms with Gasteiger partial charge in [0.15, 0.2) is 0 Å². The molecule has 0 spiro atoms. The van der Waals surface area contributed by atoms with E-state index < -0.39 is 0 Å². The van der Waals surface area contributed by atoms with Crippen molar-refractivity contribution in [2.45, 2.75) is 32.6 Å². The van der Waals surface area contributed by atoms with Crippen LogP contribution in [0.4, 0.5) is 0 Å². The van der Waals surface area contributed by atoms with Gasteiger partial charge in [0.1, 0.15) is 5.82 Å². The number of rotatable bonds is 1. The first-order valence-electron chi connectivity index (χ1n) is 6.41. The number of pyridine rings is 1. The number of nitrogens with zero attached hydrogens (tertiary/aromatic N) is 1. The van der Waals surface area contributed by atoms with E-state index in [1.54, 1.807) is 12.3 Å². The van der Waals surface area contributed by atoms with E-state index in [0.717, 1.165) is 17.8 Å². The van der Waals surface area contributed by atoms with Crippen LogP contribution in [0.1, 0.15) is 37.6 Å². The van der Waals surface area contributed by atoms with Gasteiger partial charge in [-0.25, -0.2) is 4.98 Å². The van der Waals surface area contributed by atoms with Crippen LogP contribution in [-0.2, 0) is 6.42 Å². The average molecular weight is 243 g/mol. The Hall–Kier alpha value is -1.84. The molecular formula is C14H17N3O. The third-order valence-electron chi connectivity index (χ3n) is 3.64. The molecule has 0 saturated heterocycles. The summed E-state index contributed by atoms with van der Waals surface area (Å²) in [5, 5.41) is 0. The highest BCUT2D eigenvalue weighted by Crippen LogP contribution is 2.34. The number of H-pyrrole nitrogens is 2. The molecule has 2 aromatic rings. The van der Waals surface area contributed by atoms with Crippen molar-refractivity contribution >= 4 is 0 Å². The zero-order valence-corrected chi connectivity index (χ0v) is 10.7. The molecule has 0 aromatic carbocycles. The van der Waals surface area contributed by atoms with E-state index in [1.807, 2.05) is 0 Å². The van der Waals surface area contributed by atoms with Crippen LogP contribution in [0, 0.1) is 5.92 Å². The molecule has 1 aliphatic rings. The van der Waals surface area contributed by atoms with Gasteiger partial charge >= 0.3 is 0 Å². The predicted octanol–water partition coefficient (Wildman–Crippen LogP) is 2.45. The first-order chi connectivity index (χ1) is 8.63. The summed E-state index contributed by atoms with van der Waals surface area (Å²) in [5.74, 6) is 2.07. The van der Waals surface area contributed by atoms with Crippen molar-refractivity contribution in [2.24, 2.45) is 5.92 Å². The van der Waals surface area contributed by atoms with Crippen molar-refractivity contribution < 1.29 is 0 Å². The summed E-state index contributed by atoms with van der Waals surface area (Å²) >= 11 is 0.